The fourth-order valence-corrected chi connectivity index (χ4v) is 1.92. The van der Waals surface area contributed by atoms with Crippen molar-refractivity contribution in [1.29, 1.82) is 0 Å². The van der Waals surface area contributed by atoms with Crippen molar-refractivity contribution in [3.63, 3.8) is 0 Å². The highest BCUT2D eigenvalue weighted by Gasteiger charge is 2.19. The number of benzene rings is 1. The van der Waals surface area contributed by atoms with Gasteiger partial charge in [0.1, 0.15) is 0 Å². The number of hydrogen-bond donors (Lipinski definition) is 3. The summed E-state index contributed by atoms with van der Waals surface area (Å²) in [7, 11) is 0. The Morgan fingerprint density at radius 2 is 2.11 bits per heavy atom. The van der Waals surface area contributed by atoms with Crippen molar-refractivity contribution in [3.05, 3.63) is 58.6 Å². The van der Waals surface area contributed by atoms with Crippen LogP contribution in [0.4, 0.5) is 5.82 Å². The third kappa shape index (κ3) is 3.20. The van der Waals surface area contributed by atoms with Gasteiger partial charge in [0.2, 0.25) is 0 Å². The van der Waals surface area contributed by atoms with Gasteiger partial charge in [-0.05, 0) is 5.56 Å². The van der Waals surface area contributed by atoms with E-state index in [1.165, 1.54) is 12.4 Å². The second-order valence-corrected chi connectivity index (χ2v) is 4.46. The highest BCUT2D eigenvalue weighted by molar-refractivity contribution is 5.36. The minimum absolute atomic E-state index is 0.0251. The van der Waals surface area contributed by atoms with Gasteiger partial charge in [0.25, 0.3) is 5.56 Å². The quantitative estimate of drug-likeness (QED) is 0.761. The highest BCUT2D eigenvalue weighted by atomic mass is 16.3. The Hall–Kier alpha value is -2.14. The van der Waals surface area contributed by atoms with Gasteiger partial charge >= 0.3 is 0 Å². The number of aliphatic hydroxyl groups is 1. The third-order valence-corrected chi connectivity index (χ3v) is 3.02. The molecule has 0 aliphatic carbocycles. The Labute approximate surface area is 111 Å². The van der Waals surface area contributed by atoms with Crippen molar-refractivity contribution in [1.82, 2.24) is 9.97 Å². The van der Waals surface area contributed by atoms with Crippen molar-refractivity contribution < 1.29 is 5.11 Å². The Kier molecular flexibility index (Phi) is 4.30. The van der Waals surface area contributed by atoms with E-state index in [1.807, 2.05) is 37.3 Å². The summed E-state index contributed by atoms with van der Waals surface area (Å²) in [4.78, 5) is 18.2. The van der Waals surface area contributed by atoms with Crippen LogP contribution in [0.2, 0.25) is 0 Å². The standard InChI is InChI=1S/C14H17N3O2/c1-10(9-18)12(11-5-3-2-4-6-11)17-13-14(19)16-8-7-15-13/h2-8,10,12,18H,9H2,1H3,(H,15,17)(H,16,19)/t10-,12+/m0/s1. The fraction of sp³-hybridized carbons (Fsp3) is 0.286. The normalized spacial score (nSPS) is 13.8. The molecule has 19 heavy (non-hydrogen) atoms. The van der Waals surface area contributed by atoms with E-state index in [1.54, 1.807) is 0 Å². The number of hydrogen-bond acceptors (Lipinski definition) is 4. The molecule has 0 fully saturated rings. The van der Waals surface area contributed by atoms with Gasteiger partial charge in [-0.1, -0.05) is 37.3 Å². The second-order valence-electron chi connectivity index (χ2n) is 4.46. The first kappa shape index (κ1) is 13.3. The number of rotatable bonds is 5. The lowest BCUT2D eigenvalue weighted by Gasteiger charge is -2.24. The molecule has 5 heteroatoms. The van der Waals surface area contributed by atoms with Crippen LogP contribution in [0.15, 0.2) is 47.5 Å². The number of anilines is 1. The molecule has 2 rings (SSSR count). The lowest BCUT2D eigenvalue weighted by molar-refractivity contribution is 0.222. The molecule has 0 bridgehead atoms. The zero-order chi connectivity index (χ0) is 13.7. The van der Waals surface area contributed by atoms with Crippen LogP contribution in [-0.4, -0.2) is 21.7 Å². The summed E-state index contributed by atoms with van der Waals surface area (Å²) in [5.74, 6) is 0.223. The lowest BCUT2D eigenvalue weighted by Crippen LogP contribution is -2.25. The zero-order valence-corrected chi connectivity index (χ0v) is 10.7. The summed E-state index contributed by atoms with van der Waals surface area (Å²) in [6, 6.07) is 9.54. The summed E-state index contributed by atoms with van der Waals surface area (Å²) in [5.41, 5.74) is 0.739. The molecular weight excluding hydrogens is 242 g/mol. The molecule has 0 saturated carbocycles. The molecule has 100 valence electrons. The first-order valence-electron chi connectivity index (χ1n) is 6.18. The van der Waals surface area contributed by atoms with Gasteiger partial charge in [-0.15, -0.1) is 0 Å². The number of H-pyrrole nitrogens is 1. The first-order valence-corrected chi connectivity index (χ1v) is 6.18. The topological polar surface area (TPSA) is 78.0 Å². The largest absolute Gasteiger partial charge is 0.396 e. The van der Waals surface area contributed by atoms with Crippen molar-refractivity contribution in [2.75, 3.05) is 11.9 Å². The van der Waals surface area contributed by atoms with Crippen LogP contribution >= 0.6 is 0 Å². The molecular formula is C14H17N3O2. The Morgan fingerprint density at radius 3 is 2.74 bits per heavy atom. The molecule has 1 heterocycles. The Bertz CT molecular complexity index is 568. The SMILES string of the molecule is C[C@@H](CO)[C@@H](Nc1ncc[nH]c1=O)c1ccccc1. The molecule has 0 unspecified atom stereocenters. The van der Waals surface area contributed by atoms with Crippen LogP contribution in [0.5, 0.6) is 0 Å². The number of nitrogens with one attached hydrogen (secondary N) is 2. The molecule has 3 N–H and O–H groups in total. The minimum atomic E-state index is -0.270. The first-order chi connectivity index (χ1) is 9.22. The predicted molar refractivity (Wildman–Crippen MR) is 73.9 cm³/mol. The molecule has 2 aromatic rings. The third-order valence-electron chi connectivity index (χ3n) is 3.02. The van der Waals surface area contributed by atoms with E-state index in [4.69, 9.17) is 0 Å². The summed E-state index contributed by atoms with van der Waals surface area (Å²) >= 11 is 0. The molecule has 0 amide bonds. The summed E-state index contributed by atoms with van der Waals surface area (Å²) < 4.78 is 0. The number of aromatic nitrogens is 2. The van der Waals surface area contributed by atoms with Gasteiger partial charge in [0.05, 0.1) is 6.04 Å². The van der Waals surface area contributed by atoms with E-state index in [-0.39, 0.29) is 29.9 Å². The van der Waals surface area contributed by atoms with Crippen molar-refractivity contribution >= 4 is 5.82 Å². The monoisotopic (exact) mass is 259 g/mol. The summed E-state index contributed by atoms with van der Waals surface area (Å²) in [6.45, 7) is 1.94. The molecule has 1 aromatic heterocycles. The second kappa shape index (κ2) is 6.15. The summed E-state index contributed by atoms with van der Waals surface area (Å²) in [6.07, 6.45) is 3.01. The van der Waals surface area contributed by atoms with Crippen LogP contribution in [0, 0.1) is 5.92 Å². The van der Waals surface area contributed by atoms with Gasteiger partial charge < -0.3 is 15.4 Å². The molecule has 0 radical (unpaired) electrons. The van der Waals surface area contributed by atoms with Gasteiger partial charge in [-0.2, -0.15) is 0 Å². The van der Waals surface area contributed by atoms with Crippen LogP contribution < -0.4 is 10.9 Å². The van der Waals surface area contributed by atoms with E-state index in [2.05, 4.69) is 15.3 Å². The molecule has 2 atom stereocenters. The number of nitrogens with zero attached hydrogens (tertiary/aromatic N) is 1. The van der Waals surface area contributed by atoms with E-state index in [0.29, 0.717) is 0 Å². The summed E-state index contributed by atoms with van der Waals surface area (Å²) in [5, 5.41) is 12.5. The van der Waals surface area contributed by atoms with E-state index in [0.717, 1.165) is 5.56 Å². The number of aromatic amines is 1. The Balaban J connectivity index is 2.30. The van der Waals surface area contributed by atoms with Crippen LogP contribution in [0.1, 0.15) is 18.5 Å². The van der Waals surface area contributed by atoms with Crippen LogP contribution in [0.3, 0.4) is 0 Å². The maximum Gasteiger partial charge on any atom is 0.290 e. The molecule has 0 aliphatic rings. The molecule has 0 aliphatic heterocycles. The maximum absolute atomic E-state index is 11.7. The van der Waals surface area contributed by atoms with Gasteiger partial charge in [0.15, 0.2) is 5.82 Å². The van der Waals surface area contributed by atoms with Gasteiger partial charge in [0, 0.05) is 24.9 Å². The van der Waals surface area contributed by atoms with Crippen LogP contribution in [0.25, 0.3) is 0 Å². The van der Waals surface area contributed by atoms with E-state index < -0.39 is 0 Å². The Morgan fingerprint density at radius 1 is 1.37 bits per heavy atom. The minimum Gasteiger partial charge on any atom is -0.396 e. The van der Waals surface area contributed by atoms with Gasteiger partial charge in [-0.25, -0.2) is 4.98 Å². The average Bonchev–Trinajstić information content (AvgIpc) is 2.46. The zero-order valence-electron chi connectivity index (χ0n) is 10.7. The molecule has 0 saturated heterocycles. The fourth-order valence-electron chi connectivity index (χ4n) is 1.92. The van der Waals surface area contributed by atoms with E-state index in [9.17, 15) is 9.90 Å². The van der Waals surface area contributed by atoms with Gasteiger partial charge in [-0.3, -0.25) is 4.79 Å². The molecule has 1 aromatic carbocycles. The lowest BCUT2D eigenvalue weighted by atomic mass is 9.95. The average molecular weight is 259 g/mol. The van der Waals surface area contributed by atoms with E-state index >= 15 is 0 Å². The van der Waals surface area contributed by atoms with Crippen LogP contribution in [-0.2, 0) is 0 Å². The molecule has 5 nitrogen and oxygen atoms in total. The maximum atomic E-state index is 11.7. The number of aliphatic hydroxyl groups excluding tert-OH is 1. The smallest absolute Gasteiger partial charge is 0.290 e. The predicted octanol–water partition coefficient (Wildman–Crippen LogP) is 1.55. The van der Waals surface area contributed by atoms with Crippen molar-refractivity contribution in [2.45, 2.75) is 13.0 Å². The highest BCUT2D eigenvalue weighted by Crippen LogP contribution is 2.24. The molecule has 0 spiro atoms. The van der Waals surface area contributed by atoms with Crippen molar-refractivity contribution in [2.24, 2.45) is 5.92 Å². The van der Waals surface area contributed by atoms with Crippen molar-refractivity contribution in [3.8, 4) is 0 Å².